The smallest absolute Gasteiger partial charge is 0.0596 e. The average molecular weight is 377 g/mol. The number of aryl methyl sites for hydroxylation is 5. The molecule has 2 N–H and O–H groups in total. The van der Waals surface area contributed by atoms with Gasteiger partial charge in [0.05, 0.1) is 11.4 Å². The molecule has 28 heavy (non-hydrogen) atoms. The van der Waals surface area contributed by atoms with Crippen molar-refractivity contribution in [3.63, 3.8) is 0 Å². The zero-order valence-corrected chi connectivity index (χ0v) is 18.3. The van der Waals surface area contributed by atoms with E-state index in [9.17, 15) is 0 Å². The fraction of sp³-hybridized carbons (Fsp3) is 0.462. The maximum absolute atomic E-state index is 8.71. The second-order valence-corrected chi connectivity index (χ2v) is 8.20. The van der Waals surface area contributed by atoms with Crippen LogP contribution in [0.2, 0.25) is 0 Å². The van der Waals surface area contributed by atoms with Crippen LogP contribution in [0, 0.1) is 38.5 Å². The van der Waals surface area contributed by atoms with Crippen LogP contribution in [-0.2, 0) is 6.42 Å². The van der Waals surface area contributed by atoms with Gasteiger partial charge in [-0.15, -0.1) is 0 Å². The number of hydrogen-bond donors (Lipinski definition) is 2. The van der Waals surface area contributed by atoms with Crippen molar-refractivity contribution in [3.8, 4) is 0 Å². The van der Waals surface area contributed by atoms with Gasteiger partial charge in [-0.2, -0.15) is 0 Å². The van der Waals surface area contributed by atoms with E-state index in [4.69, 9.17) is 10.8 Å². The molecule has 2 nitrogen and oxygen atoms in total. The largest absolute Gasteiger partial charge is 0.303 e. The summed E-state index contributed by atoms with van der Waals surface area (Å²) in [6, 6.07) is 13.2. The number of unbranched alkanes of at least 4 members (excludes halogenated alkanes) is 1. The second kappa shape index (κ2) is 10.4. The van der Waals surface area contributed by atoms with Crippen LogP contribution in [-0.4, -0.2) is 11.4 Å². The van der Waals surface area contributed by atoms with Crippen molar-refractivity contribution in [3.05, 3.63) is 69.8 Å². The van der Waals surface area contributed by atoms with Gasteiger partial charge in [-0.3, -0.25) is 0 Å². The number of hydrogen-bond acceptors (Lipinski definition) is 2. The Morgan fingerprint density at radius 2 is 1.46 bits per heavy atom. The van der Waals surface area contributed by atoms with Crippen LogP contribution in [0.1, 0.15) is 78.3 Å². The highest BCUT2D eigenvalue weighted by molar-refractivity contribution is 6.41. The molecule has 0 spiro atoms. The van der Waals surface area contributed by atoms with Crippen LogP contribution in [0.5, 0.6) is 0 Å². The van der Waals surface area contributed by atoms with Gasteiger partial charge in [-0.25, -0.2) is 0 Å². The van der Waals surface area contributed by atoms with Crippen molar-refractivity contribution in [2.24, 2.45) is 0 Å². The maximum Gasteiger partial charge on any atom is 0.0596 e. The minimum absolute atomic E-state index is 0.0233. The Bertz CT molecular complexity index is 832. The molecule has 0 radical (unpaired) electrons. The SMILES string of the molecule is CCCCC(=N)C(=N)C(CCCc1ccc(C)c(C)c1)c1ccc(C)c(C)c1. The molecule has 0 aliphatic heterocycles. The lowest BCUT2D eigenvalue weighted by Gasteiger charge is -2.21. The minimum atomic E-state index is 0.0233. The number of nitrogens with one attached hydrogen (secondary N) is 2. The van der Waals surface area contributed by atoms with Gasteiger partial charge >= 0.3 is 0 Å². The Kier molecular flexibility index (Phi) is 8.17. The van der Waals surface area contributed by atoms with Gasteiger partial charge in [0.15, 0.2) is 0 Å². The highest BCUT2D eigenvalue weighted by atomic mass is 14.5. The highest BCUT2D eigenvalue weighted by Gasteiger charge is 2.20. The standard InChI is InChI=1S/C26H36N2/c1-6-7-11-25(27)26(28)24(23-15-13-19(3)21(5)17-23)10-8-9-22-14-12-18(2)20(4)16-22/h12-17,24,27-28H,6-11H2,1-5H3. The van der Waals surface area contributed by atoms with Gasteiger partial charge < -0.3 is 10.8 Å². The normalized spacial score (nSPS) is 12.0. The molecule has 150 valence electrons. The summed E-state index contributed by atoms with van der Waals surface area (Å²) in [6.07, 6.45) is 5.75. The van der Waals surface area contributed by atoms with E-state index in [1.54, 1.807) is 0 Å². The fourth-order valence-corrected chi connectivity index (χ4v) is 3.63. The average Bonchev–Trinajstić information content (AvgIpc) is 2.68. The van der Waals surface area contributed by atoms with E-state index >= 15 is 0 Å². The third-order valence-electron chi connectivity index (χ3n) is 5.92. The van der Waals surface area contributed by atoms with Crippen LogP contribution in [0.3, 0.4) is 0 Å². The third-order valence-corrected chi connectivity index (χ3v) is 5.92. The maximum atomic E-state index is 8.71. The quantitative estimate of drug-likeness (QED) is 0.410. The van der Waals surface area contributed by atoms with Crippen LogP contribution >= 0.6 is 0 Å². The van der Waals surface area contributed by atoms with Gasteiger partial charge in [-0.05, 0) is 93.2 Å². The summed E-state index contributed by atoms with van der Waals surface area (Å²) in [4.78, 5) is 0. The van der Waals surface area contributed by atoms with E-state index in [0.717, 1.165) is 32.1 Å². The molecule has 2 rings (SSSR count). The Hall–Kier alpha value is -2.22. The van der Waals surface area contributed by atoms with E-state index in [-0.39, 0.29) is 5.92 Å². The molecule has 2 heteroatoms. The molecule has 0 saturated carbocycles. The molecule has 2 aromatic rings. The summed E-state index contributed by atoms with van der Waals surface area (Å²) in [5, 5.41) is 17.1. The van der Waals surface area contributed by atoms with Crippen molar-refractivity contribution in [1.82, 2.24) is 0 Å². The first-order valence-corrected chi connectivity index (χ1v) is 10.6. The summed E-state index contributed by atoms with van der Waals surface area (Å²) in [6.45, 7) is 10.7. The summed E-state index contributed by atoms with van der Waals surface area (Å²) >= 11 is 0. The van der Waals surface area contributed by atoms with Gasteiger partial charge in [0.2, 0.25) is 0 Å². The van der Waals surface area contributed by atoms with Crippen molar-refractivity contribution >= 4 is 11.4 Å². The zero-order valence-electron chi connectivity index (χ0n) is 18.3. The van der Waals surface area contributed by atoms with Crippen LogP contribution in [0.25, 0.3) is 0 Å². The van der Waals surface area contributed by atoms with Crippen LogP contribution in [0.15, 0.2) is 36.4 Å². The van der Waals surface area contributed by atoms with Crippen molar-refractivity contribution in [2.75, 3.05) is 0 Å². The van der Waals surface area contributed by atoms with E-state index in [2.05, 4.69) is 71.0 Å². The third kappa shape index (κ3) is 5.89. The molecule has 1 atom stereocenters. The summed E-state index contributed by atoms with van der Waals surface area (Å²) in [5.74, 6) is 0.0233. The Morgan fingerprint density at radius 3 is 2.07 bits per heavy atom. The number of benzene rings is 2. The monoisotopic (exact) mass is 376 g/mol. The molecule has 0 fully saturated rings. The Balaban J connectivity index is 2.15. The molecule has 0 aliphatic rings. The first-order chi connectivity index (χ1) is 13.3. The predicted molar refractivity (Wildman–Crippen MR) is 122 cm³/mol. The van der Waals surface area contributed by atoms with Crippen LogP contribution in [0.4, 0.5) is 0 Å². The second-order valence-electron chi connectivity index (χ2n) is 8.20. The molecule has 1 unspecified atom stereocenters. The van der Waals surface area contributed by atoms with E-state index in [1.807, 2.05) is 0 Å². The predicted octanol–water partition coefficient (Wildman–Crippen LogP) is 7.26. The van der Waals surface area contributed by atoms with Crippen LogP contribution < -0.4 is 0 Å². The van der Waals surface area contributed by atoms with E-state index in [1.165, 1.54) is 33.4 Å². The van der Waals surface area contributed by atoms with E-state index in [0.29, 0.717) is 17.8 Å². The molecule has 0 saturated heterocycles. The molecule has 0 aromatic heterocycles. The summed E-state index contributed by atoms with van der Waals surface area (Å²) in [7, 11) is 0. The lowest BCUT2D eigenvalue weighted by molar-refractivity contribution is 0.696. The summed E-state index contributed by atoms with van der Waals surface area (Å²) in [5.41, 5.74) is 8.81. The van der Waals surface area contributed by atoms with Crippen molar-refractivity contribution in [1.29, 1.82) is 10.8 Å². The lowest BCUT2D eigenvalue weighted by atomic mass is 9.84. The van der Waals surface area contributed by atoms with Gasteiger partial charge in [0.1, 0.15) is 0 Å². The summed E-state index contributed by atoms with van der Waals surface area (Å²) < 4.78 is 0. The minimum Gasteiger partial charge on any atom is -0.303 e. The molecule has 0 heterocycles. The number of rotatable bonds is 10. The Morgan fingerprint density at radius 1 is 0.821 bits per heavy atom. The van der Waals surface area contributed by atoms with Gasteiger partial charge in [-0.1, -0.05) is 49.7 Å². The van der Waals surface area contributed by atoms with E-state index < -0.39 is 0 Å². The highest BCUT2D eigenvalue weighted by Crippen LogP contribution is 2.27. The Labute approximate surface area is 171 Å². The molecule has 0 amide bonds. The molecular formula is C26H36N2. The first-order valence-electron chi connectivity index (χ1n) is 10.6. The van der Waals surface area contributed by atoms with Gasteiger partial charge in [0.25, 0.3) is 0 Å². The molecular weight excluding hydrogens is 340 g/mol. The van der Waals surface area contributed by atoms with Crippen molar-refractivity contribution < 1.29 is 0 Å². The molecule has 0 aliphatic carbocycles. The van der Waals surface area contributed by atoms with Crippen molar-refractivity contribution in [2.45, 2.75) is 79.1 Å². The zero-order chi connectivity index (χ0) is 20.7. The fourth-order valence-electron chi connectivity index (χ4n) is 3.63. The van der Waals surface area contributed by atoms with Gasteiger partial charge in [0, 0.05) is 5.92 Å². The topological polar surface area (TPSA) is 47.7 Å². The first kappa shape index (κ1) is 22.1. The molecule has 0 bridgehead atoms. The molecule has 2 aromatic carbocycles. The lowest BCUT2D eigenvalue weighted by Crippen LogP contribution is -2.21.